The van der Waals surface area contributed by atoms with Gasteiger partial charge in [0.2, 0.25) is 0 Å². The van der Waals surface area contributed by atoms with Crippen molar-refractivity contribution in [2.75, 3.05) is 5.73 Å². The number of nitrogen functional groups attached to an aromatic ring is 1. The van der Waals surface area contributed by atoms with Gasteiger partial charge >= 0.3 is 0 Å². The van der Waals surface area contributed by atoms with Gasteiger partial charge in [0.15, 0.2) is 11.5 Å². The van der Waals surface area contributed by atoms with E-state index in [1.807, 2.05) is 22.6 Å². The van der Waals surface area contributed by atoms with E-state index in [0.717, 1.165) is 0 Å². The summed E-state index contributed by atoms with van der Waals surface area (Å²) in [6.45, 7) is 0. The summed E-state index contributed by atoms with van der Waals surface area (Å²) < 4.78 is 2.66. The number of rotatable bonds is 0. The van der Waals surface area contributed by atoms with Gasteiger partial charge in [-0.1, -0.05) is 0 Å². The highest BCUT2D eigenvalue weighted by Crippen LogP contribution is 1.99. The molecule has 0 aliphatic carbocycles. The van der Waals surface area contributed by atoms with E-state index in [1.165, 1.54) is 6.20 Å². The molecule has 1 aromatic heterocycles. The van der Waals surface area contributed by atoms with Gasteiger partial charge < -0.3 is 5.73 Å². The zero-order chi connectivity index (χ0) is 7.40. The van der Waals surface area contributed by atoms with Gasteiger partial charge in [0.1, 0.15) is 0 Å². The Hall–Kier alpha value is -0.830. The molecule has 50 valence electrons. The molecule has 1 heterocycles. The van der Waals surface area contributed by atoms with Gasteiger partial charge in [0.25, 0.3) is 0 Å². The Labute approximate surface area is 72.2 Å². The predicted octanol–water partition coefficient (Wildman–Crippen LogP) is 0.803. The molecule has 0 amide bonds. The zero-order valence-corrected chi connectivity index (χ0v) is 7.16. The van der Waals surface area contributed by atoms with E-state index >= 15 is 0 Å². The molecule has 0 aliphatic heterocycles. The van der Waals surface area contributed by atoms with Gasteiger partial charge in [-0.15, -0.1) is 0 Å². The van der Waals surface area contributed by atoms with E-state index in [1.54, 1.807) is 6.20 Å². The lowest BCUT2D eigenvalue weighted by Gasteiger charge is -1.91. The van der Waals surface area contributed by atoms with Crippen LogP contribution in [0.25, 0.3) is 0 Å². The van der Waals surface area contributed by atoms with Crippen molar-refractivity contribution in [3.05, 3.63) is 18.1 Å². The number of hydrogen-bond acceptors (Lipinski definition) is 3. The number of anilines is 1. The summed E-state index contributed by atoms with van der Waals surface area (Å²) >= 11 is 1.92. The fraction of sp³-hybridized carbons (Fsp3) is 0. The number of nitrogens with zero attached hydrogens (tertiary/aromatic N) is 2. The second-order valence-corrected chi connectivity index (χ2v) is 2.05. The summed E-state index contributed by atoms with van der Waals surface area (Å²) in [7, 11) is 0. The average molecular weight is 245 g/mol. The van der Waals surface area contributed by atoms with Crippen LogP contribution in [0.15, 0.2) is 12.4 Å². The maximum absolute atomic E-state index is 5.43. The monoisotopic (exact) mass is 245 g/mol. The van der Waals surface area contributed by atoms with Crippen LogP contribution in [0.5, 0.6) is 0 Å². The van der Waals surface area contributed by atoms with Crippen molar-refractivity contribution >= 4 is 28.4 Å². The molecular formula is C6H4IN3. The zero-order valence-electron chi connectivity index (χ0n) is 5.00. The van der Waals surface area contributed by atoms with E-state index in [9.17, 15) is 0 Å². The molecule has 3 nitrogen and oxygen atoms in total. The van der Waals surface area contributed by atoms with Crippen molar-refractivity contribution in [2.45, 2.75) is 0 Å². The lowest BCUT2D eigenvalue weighted by Crippen LogP contribution is -1.95. The molecule has 1 aromatic rings. The summed E-state index contributed by atoms with van der Waals surface area (Å²) in [4.78, 5) is 7.71. The van der Waals surface area contributed by atoms with Crippen molar-refractivity contribution in [3.63, 3.8) is 0 Å². The average Bonchev–Trinajstić information content (AvgIpc) is 1.94. The SMILES string of the molecule is Nc1nccnc1C#CI. The van der Waals surface area contributed by atoms with Crippen molar-refractivity contribution < 1.29 is 0 Å². The van der Waals surface area contributed by atoms with Crippen LogP contribution in [0.1, 0.15) is 5.69 Å². The second kappa shape index (κ2) is 3.37. The molecule has 0 radical (unpaired) electrons. The summed E-state index contributed by atoms with van der Waals surface area (Å²) in [5.41, 5.74) is 5.97. The van der Waals surface area contributed by atoms with Crippen molar-refractivity contribution in [2.24, 2.45) is 0 Å². The Morgan fingerprint density at radius 2 is 2.10 bits per heavy atom. The maximum atomic E-state index is 5.43. The van der Waals surface area contributed by atoms with Gasteiger partial charge in [-0.25, -0.2) is 9.97 Å². The molecule has 0 spiro atoms. The molecule has 0 aliphatic rings. The summed E-state index contributed by atoms with van der Waals surface area (Å²) in [5, 5.41) is 0. The first kappa shape index (κ1) is 7.28. The van der Waals surface area contributed by atoms with Crippen molar-refractivity contribution in [1.82, 2.24) is 9.97 Å². The summed E-state index contributed by atoms with van der Waals surface area (Å²) in [6.07, 6.45) is 3.10. The van der Waals surface area contributed by atoms with Crippen LogP contribution in [0, 0.1) is 9.85 Å². The minimum absolute atomic E-state index is 0.381. The van der Waals surface area contributed by atoms with Crippen LogP contribution in [-0.2, 0) is 0 Å². The van der Waals surface area contributed by atoms with E-state index in [2.05, 4.69) is 19.8 Å². The van der Waals surface area contributed by atoms with E-state index in [0.29, 0.717) is 11.5 Å². The Bertz CT molecular complexity index is 287. The predicted molar refractivity (Wildman–Crippen MR) is 47.3 cm³/mol. The maximum Gasteiger partial charge on any atom is 0.158 e. The summed E-state index contributed by atoms with van der Waals surface area (Å²) in [5.74, 6) is 3.10. The lowest BCUT2D eigenvalue weighted by molar-refractivity contribution is 1.19. The smallest absolute Gasteiger partial charge is 0.158 e. The van der Waals surface area contributed by atoms with Crippen LogP contribution in [0.4, 0.5) is 5.82 Å². The molecule has 0 aromatic carbocycles. The standard InChI is InChI=1S/C6H4IN3/c7-2-1-5-6(8)10-4-3-9-5/h3-4H,(H2,8,10). The lowest BCUT2D eigenvalue weighted by atomic mass is 10.4. The van der Waals surface area contributed by atoms with Crippen LogP contribution in [-0.4, -0.2) is 9.97 Å². The summed E-state index contributed by atoms with van der Waals surface area (Å²) in [6, 6.07) is 0. The van der Waals surface area contributed by atoms with Gasteiger partial charge in [-0.05, 0) is 9.85 Å². The minimum Gasteiger partial charge on any atom is -0.381 e. The molecule has 0 saturated carbocycles. The van der Waals surface area contributed by atoms with E-state index in [-0.39, 0.29) is 0 Å². The van der Waals surface area contributed by atoms with Crippen molar-refractivity contribution in [3.8, 4) is 9.85 Å². The van der Waals surface area contributed by atoms with Crippen molar-refractivity contribution in [1.29, 1.82) is 0 Å². The quantitative estimate of drug-likeness (QED) is 0.543. The second-order valence-electron chi connectivity index (χ2n) is 1.51. The van der Waals surface area contributed by atoms with Crippen LogP contribution in [0.3, 0.4) is 0 Å². The highest BCUT2D eigenvalue weighted by molar-refractivity contribution is 14.1. The molecule has 0 bridgehead atoms. The highest BCUT2D eigenvalue weighted by atomic mass is 127. The molecule has 1 rings (SSSR count). The fourth-order valence-electron chi connectivity index (χ4n) is 0.490. The third-order valence-corrected chi connectivity index (χ3v) is 1.16. The van der Waals surface area contributed by atoms with Gasteiger partial charge in [0.05, 0.1) is 0 Å². The Balaban J connectivity index is 3.11. The van der Waals surface area contributed by atoms with Gasteiger partial charge in [0, 0.05) is 35.0 Å². The van der Waals surface area contributed by atoms with Gasteiger partial charge in [-0.3, -0.25) is 0 Å². The third-order valence-electron chi connectivity index (χ3n) is 0.892. The first-order chi connectivity index (χ1) is 4.84. The Kier molecular flexibility index (Phi) is 2.45. The highest BCUT2D eigenvalue weighted by Gasteiger charge is 1.93. The van der Waals surface area contributed by atoms with Crippen LogP contribution < -0.4 is 5.73 Å². The Morgan fingerprint density at radius 1 is 1.40 bits per heavy atom. The molecule has 10 heavy (non-hydrogen) atoms. The third kappa shape index (κ3) is 1.57. The number of hydrogen-bond donors (Lipinski definition) is 1. The molecule has 0 fully saturated rings. The van der Waals surface area contributed by atoms with Gasteiger partial charge in [-0.2, -0.15) is 0 Å². The van der Waals surface area contributed by atoms with E-state index in [4.69, 9.17) is 5.73 Å². The van der Waals surface area contributed by atoms with Crippen LogP contribution >= 0.6 is 22.6 Å². The molecule has 0 unspecified atom stereocenters. The topological polar surface area (TPSA) is 51.8 Å². The largest absolute Gasteiger partial charge is 0.381 e. The number of halogens is 1. The number of aromatic nitrogens is 2. The molecule has 0 saturated heterocycles. The first-order valence-corrected chi connectivity index (χ1v) is 3.60. The molecule has 2 N–H and O–H groups in total. The minimum atomic E-state index is 0.381. The van der Waals surface area contributed by atoms with E-state index < -0.39 is 0 Å². The normalized spacial score (nSPS) is 8.10. The fourth-order valence-corrected chi connectivity index (χ4v) is 0.745. The molecule has 0 atom stereocenters. The Morgan fingerprint density at radius 3 is 2.70 bits per heavy atom. The number of nitrogens with two attached hydrogens (primary N) is 1. The first-order valence-electron chi connectivity index (χ1n) is 2.52. The van der Waals surface area contributed by atoms with Crippen LogP contribution in [0.2, 0.25) is 0 Å². The molecular weight excluding hydrogens is 241 g/mol. The molecule has 4 heteroatoms.